The maximum atomic E-state index is 13.1. The first-order valence-electron chi connectivity index (χ1n) is 10.7. The summed E-state index contributed by atoms with van der Waals surface area (Å²) in [4.78, 5) is 45.0. The summed E-state index contributed by atoms with van der Waals surface area (Å²) in [5.74, 6) is -1.64. The van der Waals surface area contributed by atoms with Crippen molar-refractivity contribution in [1.82, 2.24) is 16.0 Å². The zero-order valence-corrected chi connectivity index (χ0v) is 20.8. The minimum absolute atomic E-state index is 0.0322. The van der Waals surface area contributed by atoms with E-state index in [1.165, 1.54) is 7.05 Å². The standard InChI is InChI=1S/C21H36N3O6PS/c1-5-32(30)12-11-19(31(27,28)29)23-17(13-15(2)3)21(26)24-18(20(25)22-4)14-16-9-7-6-8-10-16/h6-10,15,17-19,23H,5,11-14H2,1-4H3,(H,22,25)(H,24,26)(H2,27,28,29)/t17-,18?,19-,32?/m0/s1. The molecule has 0 spiro atoms. The van der Waals surface area contributed by atoms with E-state index in [2.05, 4.69) is 16.0 Å². The van der Waals surface area contributed by atoms with Crippen LogP contribution in [0.3, 0.4) is 0 Å². The maximum Gasteiger partial charge on any atom is 0.342 e. The van der Waals surface area contributed by atoms with Crippen molar-refractivity contribution in [2.75, 3.05) is 18.6 Å². The summed E-state index contributed by atoms with van der Waals surface area (Å²) in [6, 6.07) is 7.47. The third-order valence-corrected chi connectivity index (χ3v) is 7.48. The van der Waals surface area contributed by atoms with Gasteiger partial charge in [0.15, 0.2) is 0 Å². The Bertz CT molecular complexity index is 761. The third kappa shape index (κ3) is 10.5. The third-order valence-electron chi connectivity index (χ3n) is 4.93. The van der Waals surface area contributed by atoms with Crippen LogP contribution in [0.2, 0.25) is 0 Å². The number of nitrogens with one attached hydrogen (secondary N) is 3. The lowest BCUT2D eigenvalue weighted by Crippen LogP contribution is -2.55. The van der Waals surface area contributed by atoms with Crippen LogP contribution >= 0.6 is 7.60 Å². The van der Waals surface area contributed by atoms with Crippen LogP contribution in [0, 0.1) is 5.92 Å². The lowest BCUT2D eigenvalue weighted by Gasteiger charge is -2.28. The highest BCUT2D eigenvalue weighted by Crippen LogP contribution is 2.42. The molecular weight excluding hydrogens is 453 g/mol. The number of hydrogen-bond acceptors (Lipinski definition) is 5. The first-order chi connectivity index (χ1) is 15.0. The van der Waals surface area contributed by atoms with E-state index in [0.29, 0.717) is 12.2 Å². The molecule has 1 aromatic carbocycles. The highest BCUT2D eigenvalue weighted by Gasteiger charge is 2.35. The Morgan fingerprint density at radius 1 is 1.12 bits per heavy atom. The summed E-state index contributed by atoms with van der Waals surface area (Å²) in [6.45, 7) is 5.51. The molecule has 1 rings (SSSR count). The second-order valence-electron chi connectivity index (χ2n) is 8.04. The molecule has 0 aliphatic rings. The number of benzene rings is 1. The lowest BCUT2D eigenvalue weighted by molar-refractivity contribution is -0.130. The molecule has 4 atom stereocenters. The average Bonchev–Trinajstić information content (AvgIpc) is 2.73. The zero-order chi connectivity index (χ0) is 24.3. The van der Waals surface area contributed by atoms with Gasteiger partial charge in [-0.25, -0.2) is 0 Å². The zero-order valence-electron chi connectivity index (χ0n) is 19.1. The van der Waals surface area contributed by atoms with Gasteiger partial charge in [0.1, 0.15) is 23.3 Å². The minimum Gasteiger partial charge on any atom is -0.616 e. The van der Waals surface area contributed by atoms with Gasteiger partial charge in [0.25, 0.3) is 0 Å². The Kier molecular flexibility index (Phi) is 12.5. The van der Waals surface area contributed by atoms with Crippen molar-refractivity contribution in [1.29, 1.82) is 0 Å². The molecule has 0 saturated heterocycles. The highest BCUT2D eigenvalue weighted by molar-refractivity contribution is 7.91. The van der Waals surface area contributed by atoms with Crippen molar-refractivity contribution >= 4 is 30.6 Å². The topological polar surface area (TPSA) is 151 Å². The van der Waals surface area contributed by atoms with Gasteiger partial charge in [0.05, 0.1) is 6.04 Å². The molecule has 0 aliphatic heterocycles. The van der Waals surface area contributed by atoms with Crippen molar-refractivity contribution in [2.24, 2.45) is 5.92 Å². The van der Waals surface area contributed by atoms with E-state index in [1.54, 1.807) is 6.92 Å². The Morgan fingerprint density at radius 3 is 2.25 bits per heavy atom. The first-order valence-corrected chi connectivity index (χ1v) is 13.9. The molecular formula is C21H36N3O6PS. The molecule has 5 N–H and O–H groups in total. The van der Waals surface area contributed by atoms with Crippen molar-refractivity contribution in [3.63, 3.8) is 0 Å². The van der Waals surface area contributed by atoms with Crippen LogP contribution < -0.4 is 16.0 Å². The Labute approximate surface area is 193 Å². The SMILES string of the molecule is CC[S+]([O-])CC[C@@H](N[C@@H](CC(C)C)C(=O)NC(Cc1ccccc1)C(=O)NC)P(=O)(O)O. The molecule has 0 heterocycles. The van der Waals surface area contributed by atoms with Gasteiger partial charge in [-0.05, 0) is 24.8 Å². The number of likely N-dealkylation sites (N-methyl/N-ethyl adjacent to an activating group) is 1. The van der Waals surface area contributed by atoms with Crippen LogP contribution in [0.15, 0.2) is 30.3 Å². The molecule has 2 unspecified atom stereocenters. The van der Waals surface area contributed by atoms with E-state index in [0.717, 1.165) is 5.56 Å². The van der Waals surface area contributed by atoms with Crippen LogP contribution in [0.4, 0.5) is 0 Å². The van der Waals surface area contributed by atoms with Gasteiger partial charge >= 0.3 is 7.60 Å². The Balaban J connectivity index is 3.01. The second-order valence-corrected chi connectivity index (χ2v) is 11.7. The van der Waals surface area contributed by atoms with E-state index in [-0.39, 0.29) is 30.4 Å². The number of amides is 2. The Morgan fingerprint density at radius 2 is 1.75 bits per heavy atom. The first kappa shape index (κ1) is 28.6. The summed E-state index contributed by atoms with van der Waals surface area (Å²) in [7, 11) is -3.12. The van der Waals surface area contributed by atoms with Gasteiger partial charge in [0, 0.05) is 19.9 Å². The maximum absolute atomic E-state index is 13.1. The van der Waals surface area contributed by atoms with Gasteiger partial charge in [0.2, 0.25) is 11.8 Å². The predicted octanol–water partition coefficient (Wildman–Crippen LogP) is 1.13. The number of carbonyl (C=O) groups is 2. The number of rotatable bonds is 14. The molecule has 182 valence electrons. The van der Waals surface area contributed by atoms with E-state index >= 15 is 0 Å². The van der Waals surface area contributed by atoms with E-state index in [4.69, 9.17) is 0 Å². The van der Waals surface area contributed by atoms with Crippen LogP contribution in [0.25, 0.3) is 0 Å². The molecule has 9 nitrogen and oxygen atoms in total. The second kappa shape index (κ2) is 14.0. The average molecular weight is 490 g/mol. The molecule has 1 aromatic rings. The molecule has 0 aliphatic carbocycles. The van der Waals surface area contributed by atoms with Gasteiger partial charge < -0.3 is 25.0 Å². The highest BCUT2D eigenvalue weighted by atomic mass is 32.2. The summed E-state index contributed by atoms with van der Waals surface area (Å²) in [6.07, 6.45) is 0.554. The molecule has 11 heteroatoms. The van der Waals surface area contributed by atoms with Crippen LogP contribution in [0.5, 0.6) is 0 Å². The fourth-order valence-electron chi connectivity index (χ4n) is 3.20. The smallest absolute Gasteiger partial charge is 0.342 e. The van der Waals surface area contributed by atoms with Crippen LogP contribution in [0.1, 0.15) is 39.2 Å². The minimum atomic E-state index is -4.60. The normalized spacial score (nSPS) is 15.6. The summed E-state index contributed by atoms with van der Waals surface area (Å²) >= 11 is -1.19. The van der Waals surface area contributed by atoms with Crippen molar-refractivity contribution in [3.8, 4) is 0 Å². The summed E-state index contributed by atoms with van der Waals surface area (Å²) < 4.78 is 23.8. The largest absolute Gasteiger partial charge is 0.616 e. The molecule has 2 amide bonds. The quantitative estimate of drug-likeness (QED) is 0.194. The van der Waals surface area contributed by atoms with Gasteiger partial charge in [-0.1, -0.05) is 55.4 Å². The van der Waals surface area contributed by atoms with E-state index in [9.17, 15) is 28.5 Å². The predicted molar refractivity (Wildman–Crippen MR) is 127 cm³/mol. The summed E-state index contributed by atoms with van der Waals surface area (Å²) in [5, 5.41) is 8.06. The van der Waals surface area contributed by atoms with Gasteiger partial charge in [-0.15, -0.1) is 0 Å². The fourth-order valence-corrected chi connectivity index (χ4v) is 5.00. The van der Waals surface area contributed by atoms with Crippen LogP contribution in [-0.4, -0.2) is 62.6 Å². The monoisotopic (exact) mass is 489 g/mol. The van der Waals surface area contributed by atoms with Crippen LogP contribution in [-0.2, 0) is 31.8 Å². The van der Waals surface area contributed by atoms with Crippen molar-refractivity contribution in [2.45, 2.75) is 57.9 Å². The summed E-state index contributed by atoms with van der Waals surface area (Å²) in [5.41, 5.74) is 0.866. The Hall–Kier alpha value is -1.42. The lowest BCUT2D eigenvalue weighted by atomic mass is 10.0. The fraction of sp³-hybridized carbons (Fsp3) is 0.619. The van der Waals surface area contributed by atoms with Gasteiger partial charge in [-0.2, -0.15) is 0 Å². The van der Waals surface area contributed by atoms with E-state index in [1.807, 2.05) is 44.2 Å². The number of hydrogen-bond donors (Lipinski definition) is 5. The molecule has 0 radical (unpaired) electrons. The molecule has 0 saturated carbocycles. The molecule has 0 fully saturated rings. The van der Waals surface area contributed by atoms with Crippen molar-refractivity contribution < 1.29 is 28.5 Å². The molecule has 0 aromatic heterocycles. The van der Waals surface area contributed by atoms with Crippen molar-refractivity contribution in [3.05, 3.63) is 35.9 Å². The number of carbonyl (C=O) groups excluding carboxylic acids is 2. The van der Waals surface area contributed by atoms with Gasteiger partial charge in [-0.3, -0.25) is 19.5 Å². The van der Waals surface area contributed by atoms with E-state index < -0.39 is 42.5 Å². The molecule has 0 bridgehead atoms. The molecule has 32 heavy (non-hydrogen) atoms.